The average molecular weight is 252 g/mol. The molecule has 16 heavy (non-hydrogen) atoms. The normalized spacial score (nSPS) is 12.7. The van der Waals surface area contributed by atoms with Crippen LogP contribution in [-0.4, -0.2) is 19.3 Å². The van der Waals surface area contributed by atoms with Crippen LogP contribution in [0.4, 0.5) is 0 Å². The van der Waals surface area contributed by atoms with Crippen molar-refractivity contribution < 1.29 is 18.1 Å². The summed E-state index contributed by atoms with van der Waals surface area (Å²) < 4.78 is 28.0. The van der Waals surface area contributed by atoms with Gasteiger partial charge in [0.2, 0.25) is 0 Å². The van der Waals surface area contributed by atoms with Crippen molar-refractivity contribution in [3.8, 4) is 0 Å². The Morgan fingerprint density at radius 1 is 0.875 bits per heavy atom. The van der Waals surface area contributed by atoms with E-state index in [0.717, 1.165) is 25.7 Å². The van der Waals surface area contributed by atoms with Crippen LogP contribution >= 0.6 is 7.82 Å². The molecular weight excluding hydrogens is 227 g/mol. The molecule has 0 bridgehead atoms. The lowest BCUT2D eigenvalue weighted by Gasteiger charge is -2.24. The molecule has 0 unspecified atom stereocenters. The topological polar surface area (TPSA) is 44.8 Å². The number of phosphoric acid groups is 1. The van der Waals surface area contributed by atoms with Gasteiger partial charge in [0.1, 0.15) is 0 Å². The van der Waals surface area contributed by atoms with Gasteiger partial charge in [-0.2, -0.15) is 0 Å². The first-order valence-corrected chi connectivity index (χ1v) is 7.53. The second-order valence-corrected chi connectivity index (χ2v) is 5.40. The van der Waals surface area contributed by atoms with Crippen LogP contribution in [0.25, 0.3) is 0 Å². The highest BCUT2D eigenvalue weighted by Gasteiger charge is 2.30. The molecule has 5 heteroatoms. The van der Waals surface area contributed by atoms with Gasteiger partial charge in [0, 0.05) is 7.11 Å². The Bertz CT molecular complexity index is 194. The van der Waals surface area contributed by atoms with Crippen LogP contribution in [-0.2, 0) is 18.1 Å². The fourth-order valence-electron chi connectivity index (χ4n) is 1.35. The highest BCUT2D eigenvalue weighted by Crippen LogP contribution is 2.52. The van der Waals surface area contributed by atoms with Gasteiger partial charge in [-0.25, -0.2) is 4.57 Å². The first-order chi connectivity index (χ1) is 7.55. The van der Waals surface area contributed by atoms with Crippen LogP contribution in [0, 0.1) is 0 Å². The molecule has 0 spiro atoms. The van der Waals surface area contributed by atoms with Gasteiger partial charge in [0.15, 0.2) is 0 Å². The second-order valence-electron chi connectivity index (χ2n) is 3.72. The van der Waals surface area contributed by atoms with Crippen molar-refractivity contribution in [3.63, 3.8) is 0 Å². The van der Waals surface area contributed by atoms with Crippen molar-refractivity contribution in [1.29, 1.82) is 0 Å². The Labute approximate surface area is 99.3 Å². The zero-order valence-corrected chi connectivity index (χ0v) is 12.0. The molecule has 0 saturated heterocycles. The zero-order valence-electron chi connectivity index (χ0n) is 11.1. The Hall–Kier alpha value is 0.110. The fraction of sp³-hybridized carbons (Fsp3) is 1.00. The number of hydrogen-bond donors (Lipinski definition) is 0. The molecule has 0 radical (unpaired) electrons. The smallest absolute Gasteiger partial charge is 0.290 e. The predicted octanol–water partition coefficient (Wildman–Crippen LogP) is 4.15. The molecule has 0 aliphatic rings. The van der Waals surface area contributed by atoms with Gasteiger partial charge in [-0.05, 0) is 25.7 Å². The van der Waals surface area contributed by atoms with E-state index in [1.165, 1.54) is 7.11 Å². The minimum atomic E-state index is -3.38. The van der Waals surface area contributed by atoms with Gasteiger partial charge in [-0.15, -0.1) is 0 Å². The maximum atomic E-state index is 12.2. The van der Waals surface area contributed by atoms with Gasteiger partial charge in [0.25, 0.3) is 0 Å². The largest absolute Gasteiger partial charge is 0.475 e. The molecule has 0 aromatic rings. The van der Waals surface area contributed by atoms with E-state index in [1.807, 2.05) is 27.7 Å². The van der Waals surface area contributed by atoms with E-state index < -0.39 is 7.82 Å². The van der Waals surface area contributed by atoms with E-state index in [2.05, 4.69) is 0 Å². The van der Waals surface area contributed by atoms with Gasteiger partial charge < -0.3 is 0 Å². The van der Waals surface area contributed by atoms with E-state index in [4.69, 9.17) is 13.6 Å². The van der Waals surface area contributed by atoms with E-state index in [-0.39, 0.29) is 12.2 Å². The summed E-state index contributed by atoms with van der Waals surface area (Å²) in [6, 6.07) is 0. The summed E-state index contributed by atoms with van der Waals surface area (Å²) in [6.45, 7) is 7.97. The molecule has 0 aromatic heterocycles. The predicted molar refractivity (Wildman–Crippen MR) is 65.5 cm³/mol. The Kier molecular flexibility index (Phi) is 8.29. The monoisotopic (exact) mass is 252 g/mol. The molecular formula is C11H25O4P. The second kappa shape index (κ2) is 8.24. The molecule has 0 aliphatic heterocycles. The SMILES string of the molecule is CCC(CC)OP(=O)(OC)OC(CC)CC. The maximum absolute atomic E-state index is 12.2. The summed E-state index contributed by atoms with van der Waals surface area (Å²) in [4.78, 5) is 0. The van der Waals surface area contributed by atoms with Crippen molar-refractivity contribution >= 4 is 7.82 Å². The Morgan fingerprint density at radius 3 is 1.38 bits per heavy atom. The molecule has 0 saturated carbocycles. The first-order valence-electron chi connectivity index (χ1n) is 6.07. The van der Waals surface area contributed by atoms with Crippen LogP contribution in [0.1, 0.15) is 53.4 Å². The number of phosphoric ester groups is 1. The minimum absolute atomic E-state index is 0.0693. The Balaban J connectivity index is 4.45. The van der Waals surface area contributed by atoms with Gasteiger partial charge >= 0.3 is 7.82 Å². The van der Waals surface area contributed by atoms with Crippen molar-refractivity contribution in [2.45, 2.75) is 65.6 Å². The summed E-state index contributed by atoms with van der Waals surface area (Å²) >= 11 is 0. The number of hydrogen-bond acceptors (Lipinski definition) is 4. The zero-order chi connectivity index (χ0) is 12.6. The lowest BCUT2D eigenvalue weighted by molar-refractivity contribution is 0.0573. The maximum Gasteiger partial charge on any atom is 0.475 e. The van der Waals surface area contributed by atoms with Crippen LogP contribution in [0.5, 0.6) is 0 Å². The van der Waals surface area contributed by atoms with Crippen LogP contribution in [0.15, 0.2) is 0 Å². The fourth-order valence-corrected chi connectivity index (χ4v) is 2.90. The van der Waals surface area contributed by atoms with Gasteiger partial charge in [-0.3, -0.25) is 13.6 Å². The molecule has 0 atom stereocenters. The highest BCUT2D eigenvalue weighted by molar-refractivity contribution is 7.48. The van der Waals surface area contributed by atoms with Crippen LogP contribution in [0.3, 0.4) is 0 Å². The molecule has 0 N–H and O–H groups in total. The number of rotatable bonds is 9. The molecule has 0 fully saturated rings. The molecule has 0 heterocycles. The van der Waals surface area contributed by atoms with Crippen molar-refractivity contribution in [1.82, 2.24) is 0 Å². The third-order valence-electron chi connectivity index (χ3n) is 2.60. The molecule has 0 amide bonds. The highest BCUT2D eigenvalue weighted by atomic mass is 31.2. The van der Waals surface area contributed by atoms with Crippen LogP contribution < -0.4 is 0 Å². The summed E-state index contributed by atoms with van der Waals surface area (Å²) in [7, 11) is -2.01. The summed E-state index contributed by atoms with van der Waals surface area (Å²) in [5, 5.41) is 0. The van der Waals surface area contributed by atoms with Crippen molar-refractivity contribution in [2.24, 2.45) is 0 Å². The molecule has 0 aromatic carbocycles. The quantitative estimate of drug-likeness (QED) is 0.578. The summed E-state index contributed by atoms with van der Waals surface area (Å²) in [5.74, 6) is 0. The average Bonchev–Trinajstić information content (AvgIpc) is 2.33. The first kappa shape index (κ1) is 16.1. The Morgan fingerprint density at radius 2 is 1.19 bits per heavy atom. The van der Waals surface area contributed by atoms with Crippen molar-refractivity contribution in [3.05, 3.63) is 0 Å². The van der Waals surface area contributed by atoms with Crippen LogP contribution in [0.2, 0.25) is 0 Å². The van der Waals surface area contributed by atoms with Gasteiger partial charge in [-0.1, -0.05) is 27.7 Å². The molecule has 4 nitrogen and oxygen atoms in total. The summed E-state index contributed by atoms with van der Waals surface area (Å²) in [6.07, 6.45) is 3.07. The standard InChI is InChI=1S/C11H25O4P/c1-6-10(7-2)14-16(12,13-5)15-11(8-3)9-4/h10-11H,6-9H2,1-5H3. The third-order valence-corrected chi connectivity index (χ3v) is 4.16. The molecule has 98 valence electrons. The van der Waals surface area contributed by atoms with Gasteiger partial charge in [0.05, 0.1) is 12.2 Å². The lowest BCUT2D eigenvalue weighted by atomic mass is 10.2. The minimum Gasteiger partial charge on any atom is -0.290 e. The van der Waals surface area contributed by atoms with E-state index >= 15 is 0 Å². The summed E-state index contributed by atoms with van der Waals surface area (Å²) in [5.41, 5.74) is 0. The van der Waals surface area contributed by atoms with E-state index in [9.17, 15) is 4.57 Å². The molecule has 0 rings (SSSR count). The van der Waals surface area contributed by atoms with Crippen molar-refractivity contribution in [2.75, 3.05) is 7.11 Å². The lowest BCUT2D eigenvalue weighted by Crippen LogP contribution is -2.15. The molecule has 0 aliphatic carbocycles. The van der Waals surface area contributed by atoms with E-state index in [0.29, 0.717) is 0 Å². The van der Waals surface area contributed by atoms with E-state index in [1.54, 1.807) is 0 Å². The third kappa shape index (κ3) is 5.44.